The van der Waals surface area contributed by atoms with Crippen LogP contribution in [0.25, 0.3) is 0 Å². The summed E-state index contributed by atoms with van der Waals surface area (Å²) in [7, 11) is 0. The second-order valence-corrected chi connectivity index (χ2v) is 7.66. The Morgan fingerprint density at radius 2 is 1.86 bits per heavy atom. The van der Waals surface area contributed by atoms with E-state index in [9.17, 15) is 9.59 Å². The lowest BCUT2D eigenvalue weighted by Gasteiger charge is -2.40. The van der Waals surface area contributed by atoms with Gasteiger partial charge in [0, 0.05) is 45.1 Å². The van der Waals surface area contributed by atoms with Gasteiger partial charge in [0.1, 0.15) is 11.4 Å². The molecule has 2 amide bonds. The molecule has 0 saturated carbocycles. The number of rotatable bonds is 3. The van der Waals surface area contributed by atoms with Crippen molar-refractivity contribution in [2.45, 2.75) is 38.3 Å². The summed E-state index contributed by atoms with van der Waals surface area (Å²) in [5.41, 5.74) is 2.34. The smallest absolute Gasteiger partial charge is 0.228 e. The van der Waals surface area contributed by atoms with E-state index in [-0.39, 0.29) is 11.8 Å². The summed E-state index contributed by atoms with van der Waals surface area (Å²) in [6.45, 7) is 4.11. The second-order valence-electron chi connectivity index (χ2n) is 7.66. The molecule has 2 heterocycles. The highest BCUT2D eigenvalue weighted by molar-refractivity contribution is 5.93. The number of amides is 2. The van der Waals surface area contributed by atoms with Gasteiger partial charge < -0.3 is 15.4 Å². The van der Waals surface area contributed by atoms with Crippen LogP contribution >= 0.6 is 0 Å². The molecule has 0 aromatic heterocycles. The molecule has 1 fully saturated rings. The Balaban J connectivity index is 1.39. The Morgan fingerprint density at radius 1 is 1.14 bits per heavy atom. The van der Waals surface area contributed by atoms with E-state index >= 15 is 0 Å². The van der Waals surface area contributed by atoms with Crippen LogP contribution < -0.4 is 15.4 Å². The fourth-order valence-corrected chi connectivity index (χ4v) is 3.97. The first-order valence-corrected chi connectivity index (χ1v) is 9.68. The fraction of sp³-hybridized carbons (Fsp3) is 0.364. The molecule has 0 bridgehead atoms. The highest BCUT2D eigenvalue weighted by atomic mass is 16.5. The Morgan fingerprint density at radius 3 is 2.57 bits per heavy atom. The highest BCUT2D eigenvalue weighted by Gasteiger charge is 2.40. The molecule has 0 unspecified atom stereocenters. The van der Waals surface area contributed by atoms with Crippen molar-refractivity contribution < 1.29 is 14.3 Å². The van der Waals surface area contributed by atoms with Crippen LogP contribution in [-0.2, 0) is 16.1 Å². The molecule has 6 nitrogen and oxygen atoms in total. The topological polar surface area (TPSA) is 70.7 Å². The summed E-state index contributed by atoms with van der Waals surface area (Å²) < 4.78 is 6.36. The maximum Gasteiger partial charge on any atom is 0.228 e. The largest absolute Gasteiger partial charge is 0.484 e. The zero-order chi connectivity index (χ0) is 19.6. The Hall–Kier alpha value is -2.86. The minimum atomic E-state index is -0.428. The van der Waals surface area contributed by atoms with Crippen molar-refractivity contribution in [1.29, 1.82) is 0 Å². The minimum Gasteiger partial charge on any atom is -0.484 e. The number of benzene rings is 2. The first kappa shape index (κ1) is 18.5. The summed E-state index contributed by atoms with van der Waals surface area (Å²) in [5.74, 6) is 0.713. The lowest BCUT2D eigenvalue weighted by molar-refractivity contribution is -0.121. The molecule has 1 saturated heterocycles. The first-order valence-electron chi connectivity index (χ1n) is 9.68. The van der Waals surface area contributed by atoms with Crippen LogP contribution in [0.3, 0.4) is 0 Å². The molecule has 0 radical (unpaired) electrons. The van der Waals surface area contributed by atoms with E-state index in [1.807, 2.05) is 48.5 Å². The van der Waals surface area contributed by atoms with Crippen LogP contribution in [-0.4, -0.2) is 35.4 Å². The van der Waals surface area contributed by atoms with E-state index in [1.54, 1.807) is 0 Å². The van der Waals surface area contributed by atoms with Gasteiger partial charge in [-0.2, -0.15) is 0 Å². The van der Waals surface area contributed by atoms with Crippen LogP contribution in [0.1, 0.15) is 31.7 Å². The molecule has 28 heavy (non-hydrogen) atoms. The molecule has 1 spiro atoms. The van der Waals surface area contributed by atoms with E-state index in [0.717, 1.165) is 49.6 Å². The second kappa shape index (κ2) is 7.64. The zero-order valence-electron chi connectivity index (χ0n) is 16.0. The summed E-state index contributed by atoms with van der Waals surface area (Å²) in [6, 6.07) is 15.6. The predicted molar refractivity (Wildman–Crippen MR) is 108 cm³/mol. The number of carbonyl (C=O) groups excluding carboxylic acids is 2. The molecule has 2 aromatic carbocycles. The van der Waals surface area contributed by atoms with Crippen molar-refractivity contribution in [3.63, 3.8) is 0 Å². The predicted octanol–water partition coefficient (Wildman–Crippen LogP) is 3.40. The van der Waals surface area contributed by atoms with Crippen LogP contribution in [0.15, 0.2) is 48.5 Å². The highest BCUT2D eigenvalue weighted by Crippen LogP contribution is 2.38. The van der Waals surface area contributed by atoms with Gasteiger partial charge in [-0.25, -0.2) is 0 Å². The Bertz CT molecular complexity index is 871. The van der Waals surface area contributed by atoms with Crippen molar-refractivity contribution in [2.75, 3.05) is 23.7 Å². The summed E-state index contributed by atoms with van der Waals surface area (Å²) in [4.78, 5) is 25.9. The minimum absolute atomic E-state index is 0.0203. The van der Waals surface area contributed by atoms with Gasteiger partial charge in [-0.15, -0.1) is 0 Å². The Labute approximate surface area is 164 Å². The molecule has 0 aliphatic carbocycles. The van der Waals surface area contributed by atoms with Crippen LogP contribution in [0.2, 0.25) is 0 Å². The van der Waals surface area contributed by atoms with Gasteiger partial charge in [-0.05, 0) is 29.8 Å². The summed E-state index contributed by atoms with van der Waals surface area (Å²) in [5, 5.41) is 5.74. The standard InChI is InChI=1S/C22H25N3O3/c1-16(26)23-18-8-6-17(7-9-18)15-25-12-10-22(11-13-25)14-21(27)24-19-4-2-3-5-20(19)28-22/h2-9H,10-15H2,1H3,(H,23,26)(H,24,27). The molecular formula is C22H25N3O3. The molecule has 146 valence electrons. The third-order valence-corrected chi connectivity index (χ3v) is 5.42. The number of para-hydroxylation sites is 2. The third kappa shape index (κ3) is 4.17. The van der Waals surface area contributed by atoms with Crippen molar-refractivity contribution in [3.8, 4) is 5.75 Å². The van der Waals surface area contributed by atoms with Gasteiger partial charge in [0.05, 0.1) is 12.1 Å². The van der Waals surface area contributed by atoms with Crippen LogP contribution in [0.4, 0.5) is 11.4 Å². The van der Waals surface area contributed by atoms with E-state index in [1.165, 1.54) is 12.5 Å². The van der Waals surface area contributed by atoms with E-state index in [4.69, 9.17) is 4.74 Å². The number of anilines is 2. The molecule has 2 aliphatic heterocycles. The van der Waals surface area contributed by atoms with Gasteiger partial charge in [-0.1, -0.05) is 24.3 Å². The van der Waals surface area contributed by atoms with Crippen molar-refractivity contribution in [1.82, 2.24) is 4.90 Å². The number of ether oxygens (including phenoxy) is 1. The van der Waals surface area contributed by atoms with E-state index in [2.05, 4.69) is 15.5 Å². The monoisotopic (exact) mass is 379 g/mol. The number of likely N-dealkylation sites (tertiary alicyclic amines) is 1. The summed E-state index contributed by atoms with van der Waals surface area (Å²) in [6.07, 6.45) is 2.03. The van der Waals surface area contributed by atoms with Gasteiger partial charge in [0.25, 0.3) is 0 Å². The van der Waals surface area contributed by atoms with Gasteiger partial charge >= 0.3 is 0 Å². The number of hydrogen-bond donors (Lipinski definition) is 2. The number of nitrogens with one attached hydrogen (secondary N) is 2. The number of hydrogen-bond acceptors (Lipinski definition) is 4. The Kier molecular flexibility index (Phi) is 5.05. The van der Waals surface area contributed by atoms with Crippen molar-refractivity contribution >= 4 is 23.2 Å². The molecule has 6 heteroatoms. The molecule has 2 aromatic rings. The lowest BCUT2D eigenvalue weighted by Crippen LogP contribution is -2.48. The van der Waals surface area contributed by atoms with Gasteiger partial charge in [-0.3, -0.25) is 14.5 Å². The third-order valence-electron chi connectivity index (χ3n) is 5.42. The summed E-state index contributed by atoms with van der Waals surface area (Å²) >= 11 is 0. The number of piperidine rings is 1. The number of nitrogens with zero attached hydrogens (tertiary/aromatic N) is 1. The molecular weight excluding hydrogens is 354 g/mol. The van der Waals surface area contributed by atoms with Gasteiger partial charge in [0.2, 0.25) is 11.8 Å². The maximum atomic E-state index is 12.4. The van der Waals surface area contributed by atoms with Crippen molar-refractivity contribution in [2.24, 2.45) is 0 Å². The van der Waals surface area contributed by atoms with Crippen LogP contribution in [0, 0.1) is 0 Å². The quantitative estimate of drug-likeness (QED) is 0.858. The van der Waals surface area contributed by atoms with E-state index < -0.39 is 5.60 Å². The van der Waals surface area contributed by atoms with E-state index in [0.29, 0.717) is 6.42 Å². The molecule has 2 N–H and O–H groups in total. The SMILES string of the molecule is CC(=O)Nc1ccc(CN2CCC3(CC2)CC(=O)Nc2ccccc2O3)cc1. The normalized spacial score (nSPS) is 18.5. The first-order chi connectivity index (χ1) is 13.5. The van der Waals surface area contributed by atoms with Gasteiger partial charge in [0.15, 0.2) is 0 Å². The zero-order valence-corrected chi connectivity index (χ0v) is 16.0. The lowest BCUT2D eigenvalue weighted by atomic mass is 9.87. The molecule has 2 aliphatic rings. The molecule has 0 atom stereocenters. The van der Waals surface area contributed by atoms with Crippen molar-refractivity contribution in [3.05, 3.63) is 54.1 Å². The average molecular weight is 379 g/mol. The maximum absolute atomic E-state index is 12.4. The number of fused-ring (bicyclic) bond motifs is 1. The molecule has 4 rings (SSSR count). The van der Waals surface area contributed by atoms with Crippen LogP contribution in [0.5, 0.6) is 5.75 Å². The average Bonchev–Trinajstić information content (AvgIpc) is 2.80. The number of carbonyl (C=O) groups is 2. The fourth-order valence-electron chi connectivity index (χ4n) is 3.97.